The molecule has 0 unspecified atom stereocenters. The molecule has 2 heterocycles. The number of aromatic amines is 1. The summed E-state index contributed by atoms with van der Waals surface area (Å²) in [7, 11) is 1.54. The van der Waals surface area contributed by atoms with Crippen molar-refractivity contribution < 1.29 is 9.53 Å². The average molecular weight is 422 g/mol. The molecule has 9 nitrogen and oxygen atoms in total. The van der Waals surface area contributed by atoms with E-state index in [1.54, 1.807) is 31.4 Å². The average Bonchev–Trinajstić information content (AvgIpc) is 3.35. The maximum atomic E-state index is 12.7. The standard InChI is InChI=1S/C22H26N6O3/c1-22(2,3)17-12-18(25-21(30)24-15-9-5-6-11-16(15)31-4)28(27-17)20-23-14-10-7-8-13(14)19(29)26-20/h5-6,9,11-12H,7-8,10H2,1-4H3,(H,23,26,29)(H2,24,25,30). The summed E-state index contributed by atoms with van der Waals surface area (Å²) in [5, 5.41) is 10.2. The number of carbonyl (C=O) groups excluding carboxylic acids is 1. The maximum Gasteiger partial charge on any atom is 0.324 e. The highest BCUT2D eigenvalue weighted by atomic mass is 16.5. The number of H-pyrrole nitrogens is 1. The summed E-state index contributed by atoms with van der Waals surface area (Å²) in [6.07, 6.45) is 2.40. The lowest BCUT2D eigenvalue weighted by Gasteiger charge is -2.14. The van der Waals surface area contributed by atoms with Crippen molar-refractivity contribution in [2.75, 3.05) is 17.7 Å². The van der Waals surface area contributed by atoms with E-state index in [-0.39, 0.29) is 16.9 Å². The Hall–Kier alpha value is -3.62. The van der Waals surface area contributed by atoms with Crippen LogP contribution in [0.5, 0.6) is 5.75 Å². The first-order valence-corrected chi connectivity index (χ1v) is 10.2. The van der Waals surface area contributed by atoms with Crippen LogP contribution in [-0.2, 0) is 18.3 Å². The molecule has 0 atom stereocenters. The van der Waals surface area contributed by atoms with Crippen molar-refractivity contribution in [3.05, 3.63) is 57.6 Å². The van der Waals surface area contributed by atoms with E-state index in [1.165, 1.54) is 4.68 Å². The Balaban J connectivity index is 1.69. The van der Waals surface area contributed by atoms with E-state index >= 15 is 0 Å². The number of aromatic nitrogens is 4. The van der Waals surface area contributed by atoms with Crippen molar-refractivity contribution in [2.24, 2.45) is 0 Å². The minimum atomic E-state index is -0.463. The molecule has 0 spiro atoms. The lowest BCUT2D eigenvalue weighted by atomic mass is 9.92. The lowest BCUT2D eigenvalue weighted by molar-refractivity contribution is 0.262. The van der Waals surface area contributed by atoms with Gasteiger partial charge in [-0.3, -0.25) is 15.1 Å². The highest BCUT2D eigenvalue weighted by molar-refractivity contribution is 6.00. The Kier molecular flexibility index (Phi) is 5.26. The second-order valence-electron chi connectivity index (χ2n) is 8.52. The Labute approximate surface area is 179 Å². The van der Waals surface area contributed by atoms with E-state index in [9.17, 15) is 9.59 Å². The van der Waals surface area contributed by atoms with Crippen LogP contribution in [0.2, 0.25) is 0 Å². The van der Waals surface area contributed by atoms with Crippen molar-refractivity contribution in [1.29, 1.82) is 0 Å². The molecule has 3 N–H and O–H groups in total. The number of amides is 2. The summed E-state index contributed by atoms with van der Waals surface area (Å²) < 4.78 is 6.76. The monoisotopic (exact) mass is 422 g/mol. The van der Waals surface area contributed by atoms with Crippen molar-refractivity contribution in [2.45, 2.75) is 45.4 Å². The summed E-state index contributed by atoms with van der Waals surface area (Å²) in [6, 6.07) is 8.46. The third-order valence-corrected chi connectivity index (χ3v) is 5.20. The zero-order valence-corrected chi connectivity index (χ0v) is 18.1. The smallest absolute Gasteiger partial charge is 0.324 e. The summed E-state index contributed by atoms with van der Waals surface area (Å²) in [5.41, 5.74) is 2.38. The minimum absolute atomic E-state index is 0.158. The fourth-order valence-corrected chi connectivity index (χ4v) is 3.54. The van der Waals surface area contributed by atoms with Crippen LogP contribution < -0.4 is 20.9 Å². The molecule has 0 radical (unpaired) electrons. The van der Waals surface area contributed by atoms with Gasteiger partial charge in [0.2, 0.25) is 5.95 Å². The molecule has 162 valence electrons. The number of para-hydroxylation sites is 2. The first-order valence-electron chi connectivity index (χ1n) is 10.2. The van der Waals surface area contributed by atoms with Crippen molar-refractivity contribution in [3.8, 4) is 11.7 Å². The Bertz CT molecular complexity index is 1190. The molecule has 2 aromatic heterocycles. The number of rotatable bonds is 4. The van der Waals surface area contributed by atoms with E-state index in [0.29, 0.717) is 17.3 Å². The molecular formula is C22H26N6O3. The number of nitrogens with zero attached hydrogens (tertiary/aromatic N) is 3. The molecule has 0 fully saturated rings. The van der Waals surface area contributed by atoms with Gasteiger partial charge >= 0.3 is 6.03 Å². The molecule has 0 saturated heterocycles. The van der Waals surface area contributed by atoms with E-state index in [2.05, 4.69) is 25.7 Å². The molecule has 4 rings (SSSR count). The number of hydrogen-bond donors (Lipinski definition) is 3. The van der Waals surface area contributed by atoms with Crippen LogP contribution in [-0.4, -0.2) is 32.9 Å². The quantitative estimate of drug-likeness (QED) is 0.596. The lowest BCUT2D eigenvalue weighted by Crippen LogP contribution is -2.24. The van der Waals surface area contributed by atoms with E-state index in [4.69, 9.17) is 4.74 Å². The first kappa shape index (κ1) is 20.6. The number of urea groups is 1. The van der Waals surface area contributed by atoms with Crippen molar-refractivity contribution in [3.63, 3.8) is 0 Å². The molecule has 1 aliphatic carbocycles. The molecular weight excluding hydrogens is 396 g/mol. The summed E-state index contributed by atoms with van der Waals surface area (Å²) in [4.78, 5) is 32.7. The first-order chi connectivity index (χ1) is 14.8. The van der Waals surface area contributed by atoms with E-state index in [0.717, 1.165) is 36.2 Å². The van der Waals surface area contributed by atoms with Crippen LogP contribution in [0, 0.1) is 0 Å². The fraction of sp³-hybridized carbons (Fsp3) is 0.364. The van der Waals surface area contributed by atoms with Crippen LogP contribution in [0.1, 0.15) is 44.1 Å². The van der Waals surface area contributed by atoms with Gasteiger partial charge in [0.1, 0.15) is 11.6 Å². The number of anilines is 2. The number of hydrogen-bond acceptors (Lipinski definition) is 5. The second-order valence-corrected chi connectivity index (χ2v) is 8.52. The molecule has 31 heavy (non-hydrogen) atoms. The zero-order valence-electron chi connectivity index (χ0n) is 18.1. The van der Waals surface area contributed by atoms with Gasteiger partial charge < -0.3 is 10.1 Å². The van der Waals surface area contributed by atoms with Crippen LogP contribution >= 0.6 is 0 Å². The van der Waals surface area contributed by atoms with Gasteiger partial charge in [-0.25, -0.2) is 9.78 Å². The Morgan fingerprint density at radius 1 is 1.19 bits per heavy atom. The van der Waals surface area contributed by atoms with Gasteiger partial charge in [0, 0.05) is 17.0 Å². The molecule has 0 saturated carbocycles. The molecule has 1 aromatic carbocycles. The van der Waals surface area contributed by atoms with Crippen LogP contribution in [0.4, 0.5) is 16.3 Å². The predicted molar refractivity (Wildman–Crippen MR) is 118 cm³/mol. The molecule has 2 amide bonds. The molecule has 3 aromatic rings. The van der Waals surface area contributed by atoms with Gasteiger partial charge in [0.05, 0.1) is 24.2 Å². The number of fused-ring (bicyclic) bond motifs is 1. The summed E-state index contributed by atoms with van der Waals surface area (Å²) in [5.74, 6) is 1.23. The van der Waals surface area contributed by atoms with Crippen LogP contribution in [0.15, 0.2) is 35.1 Å². The molecule has 1 aliphatic rings. The second kappa shape index (κ2) is 7.90. The third kappa shape index (κ3) is 4.16. The van der Waals surface area contributed by atoms with Gasteiger partial charge in [0.25, 0.3) is 5.56 Å². The highest BCUT2D eigenvalue weighted by Crippen LogP contribution is 2.27. The predicted octanol–water partition coefficient (Wildman–Crippen LogP) is 3.39. The maximum absolute atomic E-state index is 12.7. The largest absolute Gasteiger partial charge is 0.495 e. The Morgan fingerprint density at radius 2 is 1.97 bits per heavy atom. The van der Waals surface area contributed by atoms with Gasteiger partial charge in [-0.1, -0.05) is 32.9 Å². The number of benzene rings is 1. The SMILES string of the molecule is COc1ccccc1NC(=O)Nc1cc(C(C)(C)C)nn1-c1nc2c(c(=O)[nH]1)CCC2. The van der Waals surface area contributed by atoms with Crippen LogP contribution in [0.25, 0.3) is 5.95 Å². The topological polar surface area (TPSA) is 114 Å². The zero-order chi connectivity index (χ0) is 22.2. The van der Waals surface area contributed by atoms with Gasteiger partial charge in [-0.2, -0.15) is 9.78 Å². The van der Waals surface area contributed by atoms with Gasteiger partial charge in [-0.05, 0) is 31.4 Å². The summed E-state index contributed by atoms with van der Waals surface area (Å²) >= 11 is 0. The van der Waals surface area contributed by atoms with Crippen LogP contribution in [0.3, 0.4) is 0 Å². The Morgan fingerprint density at radius 3 is 2.71 bits per heavy atom. The molecule has 0 aliphatic heterocycles. The molecule has 9 heteroatoms. The molecule has 0 bridgehead atoms. The van der Waals surface area contributed by atoms with Gasteiger partial charge in [0.15, 0.2) is 0 Å². The number of nitrogens with one attached hydrogen (secondary N) is 3. The van der Waals surface area contributed by atoms with E-state index < -0.39 is 6.03 Å². The third-order valence-electron chi connectivity index (χ3n) is 5.20. The fourth-order valence-electron chi connectivity index (χ4n) is 3.54. The normalized spacial score (nSPS) is 13.0. The number of ether oxygens (including phenoxy) is 1. The van der Waals surface area contributed by atoms with E-state index in [1.807, 2.05) is 26.8 Å². The highest BCUT2D eigenvalue weighted by Gasteiger charge is 2.24. The van der Waals surface area contributed by atoms with Gasteiger partial charge in [-0.15, -0.1) is 0 Å². The van der Waals surface area contributed by atoms with Crippen molar-refractivity contribution >= 4 is 17.5 Å². The number of carbonyl (C=O) groups is 1. The number of methoxy groups -OCH3 is 1. The van der Waals surface area contributed by atoms with Crippen molar-refractivity contribution in [1.82, 2.24) is 19.7 Å². The number of aryl methyl sites for hydroxylation is 1. The minimum Gasteiger partial charge on any atom is -0.495 e. The summed E-state index contributed by atoms with van der Waals surface area (Å²) in [6.45, 7) is 6.08.